The van der Waals surface area contributed by atoms with Gasteiger partial charge in [-0.05, 0) is 24.6 Å². The lowest BCUT2D eigenvalue weighted by atomic mass is 10.1. The first-order valence-electron chi connectivity index (χ1n) is 10.3. The van der Waals surface area contributed by atoms with Crippen LogP contribution in [0.25, 0.3) is 10.9 Å². The van der Waals surface area contributed by atoms with E-state index in [1.54, 1.807) is 23.8 Å². The highest BCUT2D eigenvalue weighted by molar-refractivity contribution is 7.90. The summed E-state index contributed by atoms with van der Waals surface area (Å²) in [5.41, 5.74) is 7.25. The number of ketones is 1. The minimum atomic E-state index is -4.28. The number of benzene rings is 2. The number of nitrogens with zero attached hydrogens (tertiary/aromatic N) is 1. The number of methoxy groups -OCH3 is 1. The monoisotopic (exact) mass is 501 g/mol. The Bertz CT molecular complexity index is 1410. The summed E-state index contributed by atoms with van der Waals surface area (Å²) in [5.74, 6) is -5.14. The Hall–Kier alpha value is -4.19. The Morgan fingerprint density at radius 1 is 1.03 bits per heavy atom. The zero-order chi connectivity index (χ0) is 25.8. The van der Waals surface area contributed by atoms with Crippen LogP contribution in [0.3, 0.4) is 0 Å². The van der Waals surface area contributed by atoms with Crippen molar-refractivity contribution in [2.75, 3.05) is 19.5 Å². The van der Waals surface area contributed by atoms with E-state index in [0.717, 1.165) is 12.7 Å². The van der Waals surface area contributed by atoms with Crippen molar-refractivity contribution in [1.82, 2.24) is 9.29 Å². The number of primary amides is 1. The van der Waals surface area contributed by atoms with Crippen LogP contribution >= 0.6 is 0 Å². The molecule has 0 atom stereocenters. The Morgan fingerprint density at radius 2 is 1.71 bits per heavy atom. The Morgan fingerprint density at radius 3 is 2.34 bits per heavy atom. The number of ether oxygens (including phenoxy) is 2. The van der Waals surface area contributed by atoms with Crippen molar-refractivity contribution in [3.05, 3.63) is 65.4 Å². The molecule has 0 saturated heterocycles. The second kappa shape index (κ2) is 10.4. The largest absolute Gasteiger partial charge is 0.483 e. The zero-order valence-corrected chi connectivity index (χ0v) is 19.8. The number of hydrogen-bond acceptors (Lipinski definition) is 8. The fourth-order valence-corrected chi connectivity index (χ4v) is 4.49. The number of Topliss-reactive ketones (excluding diaryl/α,β-unsaturated/α-hetero) is 1. The minimum Gasteiger partial charge on any atom is -0.483 e. The number of fused-ring (bicyclic) bond motifs is 1. The van der Waals surface area contributed by atoms with E-state index in [9.17, 15) is 27.6 Å². The molecule has 0 aliphatic rings. The van der Waals surface area contributed by atoms with Crippen LogP contribution in [0.4, 0.5) is 0 Å². The molecular formula is C23H23N3O8S. The maximum Gasteiger partial charge on any atom is 0.322 e. The summed E-state index contributed by atoms with van der Waals surface area (Å²) < 4.78 is 37.1. The molecule has 0 bridgehead atoms. The molecule has 3 N–H and O–H groups in total. The molecule has 0 fully saturated rings. The van der Waals surface area contributed by atoms with Gasteiger partial charge in [0, 0.05) is 12.2 Å². The lowest BCUT2D eigenvalue weighted by Gasteiger charge is -2.10. The molecule has 184 valence electrons. The Labute approximate surface area is 200 Å². The maximum atomic E-state index is 12.7. The molecule has 2 aromatic carbocycles. The third-order valence-corrected chi connectivity index (χ3v) is 6.26. The van der Waals surface area contributed by atoms with Gasteiger partial charge in [0.05, 0.1) is 23.6 Å². The van der Waals surface area contributed by atoms with Crippen LogP contribution in [0.1, 0.15) is 21.6 Å². The van der Waals surface area contributed by atoms with E-state index >= 15 is 0 Å². The molecular weight excluding hydrogens is 478 g/mol. The quantitative estimate of drug-likeness (QED) is 0.232. The number of rotatable bonds is 10. The summed E-state index contributed by atoms with van der Waals surface area (Å²) in [6.45, 7) is 1.30. The minimum absolute atomic E-state index is 0.0257. The van der Waals surface area contributed by atoms with Gasteiger partial charge in [0.25, 0.3) is 17.6 Å². The van der Waals surface area contributed by atoms with Crippen LogP contribution < -0.4 is 15.2 Å². The summed E-state index contributed by atoms with van der Waals surface area (Å²) in [5, 5.41) is 0.259. The average molecular weight is 502 g/mol. The van der Waals surface area contributed by atoms with Gasteiger partial charge in [0.15, 0.2) is 12.4 Å². The van der Waals surface area contributed by atoms with Gasteiger partial charge in [0.2, 0.25) is 10.0 Å². The lowest BCUT2D eigenvalue weighted by Crippen LogP contribution is -2.38. The molecule has 0 saturated carbocycles. The molecule has 1 heterocycles. The second-order valence-corrected chi connectivity index (χ2v) is 9.25. The van der Waals surface area contributed by atoms with Gasteiger partial charge in [0.1, 0.15) is 5.75 Å². The van der Waals surface area contributed by atoms with Gasteiger partial charge in [-0.2, -0.15) is 0 Å². The van der Waals surface area contributed by atoms with Crippen LogP contribution in [-0.2, 0) is 35.7 Å². The SMILES string of the molecule is COC(=O)CS(=O)(=O)NC(=O)COc1cccc2c1c(C(=O)C(N)=O)c(C)n2Cc1ccccc1. The van der Waals surface area contributed by atoms with Crippen molar-refractivity contribution < 1.29 is 37.1 Å². The van der Waals surface area contributed by atoms with Gasteiger partial charge in [-0.1, -0.05) is 36.4 Å². The summed E-state index contributed by atoms with van der Waals surface area (Å²) in [6, 6.07) is 14.2. The number of nitrogens with two attached hydrogens (primary N) is 1. The van der Waals surface area contributed by atoms with Gasteiger partial charge in [-0.25, -0.2) is 13.1 Å². The fourth-order valence-electron chi connectivity index (χ4n) is 3.58. The van der Waals surface area contributed by atoms with Gasteiger partial charge in [-0.15, -0.1) is 0 Å². The van der Waals surface area contributed by atoms with Crippen LogP contribution in [0, 0.1) is 6.92 Å². The number of nitrogens with one attached hydrogen (secondary N) is 1. The predicted octanol–water partition coefficient (Wildman–Crippen LogP) is 0.664. The molecule has 12 heteroatoms. The normalized spacial score (nSPS) is 11.1. The fraction of sp³-hybridized carbons (Fsp3) is 0.217. The number of amides is 2. The molecule has 1 aromatic heterocycles. The van der Waals surface area contributed by atoms with E-state index in [-0.39, 0.29) is 16.7 Å². The molecule has 11 nitrogen and oxygen atoms in total. The van der Waals surface area contributed by atoms with Gasteiger partial charge in [-0.3, -0.25) is 19.2 Å². The van der Waals surface area contributed by atoms with E-state index in [0.29, 0.717) is 17.8 Å². The van der Waals surface area contributed by atoms with E-state index < -0.39 is 45.9 Å². The van der Waals surface area contributed by atoms with Crippen molar-refractivity contribution in [3.63, 3.8) is 0 Å². The molecule has 35 heavy (non-hydrogen) atoms. The summed E-state index contributed by atoms with van der Waals surface area (Å²) in [7, 11) is -3.27. The standard InChI is InChI=1S/C23H23N3O8S/c1-14-20(22(29)23(24)30)21-16(26(14)11-15-7-4-3-5-8-15)9-6-10-17(21)34-12-18(27)25-35(31,32)13-19(28)33-2/h3-10H,11-13H2,1-2H3,(H2,24,30)(H,25,27). The highest BCUT2D eigenvalue weighted by Crippen LogP contribution is 2.34. The van der Waals surface area contributed by atoms with E-state index in [2.05, 4.69) is 4.74 Å². The first-order chi connectivity index (χ1) is 16.5. The van der Waals surface area contributed by atoms with Crippen molar-refractivity contribution in [2.45, 2.75) is 13.5 Å². The molecule has 0 aliphatic carbocycles. The third-order valence-electron chi connectivity index (χ3n) is 5.11. The van der Waals surface area contributed by atoms with Crippen molar-refractivity contribution >= 4 is 44.5 Å². The second-order valence-electron chi connectivity index (χ2n) is 7.52. The molecule has 3 aromatic rings. The molecule has 0 unspecified atom stereocenters. The van der Waals surface area contributed by atoms with Crippen molar-refractivity contribution in [3.8, 4) is 5.75 Å². The third kappa shape index (κ3) is 5.84. The van der Waals surface area contributed by atoms with Crippen LogP contribution in [0.5, 0.6) is 5.75 Å². The van der Waals surface area contributed by atoms with E-state index in [4.69, 9.17) is 10.5 Å². The number of hydrogen-bond donors (Lipinski definition) is 2. The lowest BCUT2D eigenvalue weighted by molar-refractivity contribution is -0.137. The summed E-state index contributed by atoms with van der Waals surface area (Å²) in [6.07, 6.45) is 0. The van der Waals surface area contributed by atoms with Crippen LogP contribution in [0.15, 0.2) is 48.5 Å². The Kier molecular flexibility index (Phi) is 7.55. The zero-order valence-electron chi connectivity index (χ0n) is 18.9. The summed E-state index contributed by atoms with van der Waals surface area (Å²) in [4.78, 5) is 47.8. The molecule has 0 aliphatic heterocycles. The van der Waals surface area contributed by atoms with Crippen LogP contribution in [-0.4, -0.2) is 56.0 Å². The first kappa shape index (κ1) is 25.4. The highest BCUT2D eigenvalue weighted by Gasteiger charge is 2.27. The predicted molar refractivity (Wildman–Crippen MR) is 125 cm³/mol. The highest BCUT2D eigenvalue weighted by atomic mass is 32.2. The molecule has 0 radical (unpaired) electrons. The topological polar surface area (TPSA) is 164 Å². The molecule has 3 rings (SSSR count). The molecule has 0 spiro atoms. The number of aromatic nitrogens is 1. The number of esters is 1. The van der Waals surface area contributed by atoms with Crippen molar-refractivity contribution in [1.29, 1.82) is 0 Å². The first-order valence-corrected chi connectivity index (χ1v) is 11.9. The number of carbonyl (C=O) groups excluding carboxylic acids is 4. The van der Waals surface area contributed by atoms with Crippen molar-refractivity contribution in [2.24, 2.45) is 5.73 Å². The van der Waals surface area contributed by atoms with Gasteiger partial charge >= 0.3 is 5.97 Å². The maximum absolute atomic E-state index is 12.7. The van der Waals surface area contributed by atoms with Gasteiger partial charge < -0.3 is 19.8 Å². The average Bonchev–Trinajstić information content (AvgIpc) is 3.08. The molecule has 2 amide bonds. The smallest absolute Gasteiger partial charge is 0.322 e. The summed E-state index contributed by atoms with van der Waals surface area (Å²) >= 11 is 0. The van der Waals surface area contributed by atoms with Crippen LogP contribution in [0.2, 0.25) is 0 Å². The number of carbonyl (C=O) groups is 4. The Balaban J connectivity index is 1.97. The van der Waals surface area contributed by atoms with E-state index in [1.807, 2.05) is 34.9 Å². The van der Waals surface area contributed by atoms with E-state index in [1.165, 1.54) is 6.07 Å². The number of sulfonamides is 1.